The molecule has 502 valence electrons. The van der Waals surface area contributed by atoms with E-state index in [1.165, 1.54) is 22.3 Å². The smallest absolute Gasteiger partial charge is 0.340 e. The van der Waals surface area contributed by atoms with Gasteiger partial charge in [0, 0.05) is 55.1 Å². The van der Waals surface area contributed by atoms with Crippen LogP contribution >= 0.6 is 0 Å². The van der Waals surface area contributed by atoms with Crippen molar-refractivity contribution in [2.75, 3.05) is 33.2 Å². The zero-order valence-electron chi connectivity index (χ0n) is 56.6. The fraction of sp³-hybridized carbons (Fsp3) is 0.566. The second-order valence-corrected chi connectivity index (χ2v) is 31.3. The molecule has 4 saturated carbocycles. The Bertz CT molecular complexity index is 3750. The van der Waals surface area contributed by atoms with Crippen LogP contribution in [0.1, 0.15) is 188 Å². The van der Waals surface area contributed by atoms with E-state index in [-0.39, 0.29) is 82.7 Å². The standard InChI is InChI=1S/C83H103N5O7/c1-4-35-85-50-56-39-54-28-36-86-49-55-17-13-18-57(41-55)64-23-22-63(89)46-68(64)73-65-26-34-83(71(95-79(91)76(73)83)43-52(5-2)38-53-15-7-6-8-16-53)75-66(65)24-25-67-70(94-78(90)74(67)75)27-33-80(61-29-37-87-72(45-61)84-3)47-59-44-62(81(92)30-11-12-31-81)21-14-32-82(93,60-19-9-10-20-60)51-88-77(69(59)48-80)58(40-54)42-56/h6-8,13,15-18,22-23,27,39-43,46,52,59-62,65-66,69,72,75,77,84-89,92-93H,4-5,9-12,19-20,24-26,28-38,44-45,47-51H2,1-3H3/b70-27-,71-43-/t52-,59-,61-,62+,65-,66+,69-,72+,75-,77+,80+,82-,83-/m1/s1. The fourth-order valence-corrected chi connectivity index (χ4v) is 21.3. The average molecular weight is 1280 g/mol. The van der Waals surface area contributed by atoms with Crippen molar-refractivity contribution in [3.8, 4) is 28.7 Å². The predicted octanol–water partition coefficient (Wildman–Crippen LogP) is 13.8. The highest BCUT2D eigenvalue weighted by Gasteiger charge is 2.69. The SMILES string of the molecule is CCCNCc1cc2cc(c1)[C@@H]1NC[C@@](O)(C3CCCC3)CC#C[C@H](C3(O)CCCC3)C[C@@H]3C[C@@]([C@@H]4CCN[C@H](NC)C4)(C/C=C4\OC(=O)C5=C4CC[C@H]4[C@H]6CC[C@]7(C(=C6c6cc(O)ccc6-c6cccc(c6)CNCC2)C(=O)O/C7=C\[C@H](CC)Cc2ccccc2)[C@@H]54)C[C@H]31. The summed E-state index contributed by atoms with van der Waals surface area (Å²) >= 11 is 0. The van der Waals surface area contributed by atoms with Gasteiger partial charge in [-0.05, 0) is 270 Å². The minimum absolute atomic E-state index is 0.00511. The third-order valence-corrected chi connectivity index (χ3v) is 26.0. The summed E-state index contributed by atoms with van der Waals surface area (Å²) < 4.78 is 13.7. The molecule has 4 aromatic carbocycles. The number of ether oxygens (including phenoxy) is 2. The van der Waals surface area contributed by atoms with Gasteiger partial charge in [-0.25, -0.2) is 9.59 Å². The summed E-state index contributed by atoms with van der Waals surface area (Å²) in [6.07, 6.45) is 24.6. The lowest BCUT2D eigenvalue weighted by Crippen LogP contribution is -2.52. The molecular formula is C83H103N5O7. The summed E-state index contributed by atoms with van der Waals surface area (Å²) in [5.41, 5.74) is 9.27. The first-order chi connectivity index (χ1) is 46.3. The molecule has 0 aromatic heterocycles. The van der Waals surface area contributed by atoms with Crippen LogP contribution in [-0.4, -0.2) is 77.9 Å². The molecule has 7 aliphatic carbocycles. The lowest BCUT2D eigenvalue weighted by molar-refractivity contribution is -0.135. The number of aromatic hydroxyl groups is 1. The number of phenols is 1. The number of piperidine rings is 1. The summed E-state index contributed by atoms with van der Waals surface area (Å²) in [6, 6.07) is 32.3. The van der Waals surface area contributed by atoms with E-state index < -0.39 is 16.6 Å². The number of aliphatic hydroxyl groups is 2. The van der Waals surface area contributed by atoms with Crippen LogP contribution in [0.5, 0.6) is 5.75 Å². The molecule has 12 nitrogen and oxygen atoms in total. The Morgan fingerprint density at radius 3 is 2.43 bits per heavy atom. The van der Waals surface area contributed by atoms with Crippen molar-refractivity contribution in [1.29, 1.82) is 0 Å². The summed E-state index contributed by atoms with van der Waals surface area (Å²) in [4.78, 5) is 31.2. The van der Waals surface area contributed by atoms with Crippen LogP contribution < -0.4 is 26.6 Å². The molecule has 8 N–H and O–H groups in total. The van der Waals surface area contributed by atoms with Crippen LogP contribution in [0.4, 0.5) is 0 Å². The average Bonchev–Trinajstić information content (AvgIpc) is 1.58. The summed E-state index contributed by atoms with van der Waals surface area (Å²) in [5.74, 6) is 8.53. The van der Waals surface area contributed by atoms with Gasteiger partial charge in [-0.15, -0.1) is 0 Å². The molecule has 0 amide bonds. The summed E-state index contributed by atoms with van der Waals surface area (Å²) in [6.45, 7) is 8.86. The van der Waals surface area contributed by atoms with Crippen molar-refractivity contribution in [1.82, 2.24) is 26.6 Å². The van der Waals surface area contributed by atoms with E-state index in [4.69, 9.17) is 9.47 Å². The number of carbonyl (C=O) groups excluding carboxylic acids is 2. The van der Waals surface area contributed by atoms with E-state index in [1.807, 2.05) is 12.1 Å². The van der Waals surface area contributed by atoms with Crippen molar-refractivity contribution in [2.24, 2.45) is 64.1 Å². The van der Waals surface area contributed by atoms with E-state index >= 15 is 9.59 Å². The van der Waals surface area contributed by atoms with Gasteiger partial charge in [-0.2, -0.15) is 0 Å². The second-order valence-electron chi connectivity index (χ2n) is 31.3. The summed E-state index contributed by atoms with van der Waals surface area (Å²) in [5, 5.41) is 57.4. The van der Waals surface area contributed by atoms with Crippen molar-refractivity contribution >= 4 is 17.5 Å². The molecule has 4 aromatic rings. The Kier molecular flexibility index (Phi) is 18.4. The van der Waals surface area contributed by atoms with E-state index in [9.17, 15) is 15.3 Å². The maximum atomic E-state index is 15.7. The van der Waals surface area contributed by atoms with Gasteiger partial charge in [0.15, 0.2) is 0 Å². The van der Waals surface area contributed by atoms with Gasteiger partial charge in [-0.3, -0.25) is 0 Å². The quantitative estimate of drug-likeness (QED) is 0.0384. The predicted molar refractivity (Wildman–Crippen MR) is 373 cm³/mol. The molecule has 1 spiro atoms. The number of phenolic OH excluding ortho intramolecular Hbond substituents is 1. The molecule has 6 aliphatic heterocycles. The molecule has 95 heavy (non-hydrogen) atoms. The zero-order chi connectivity index (χ0) is 65.1. The number of nitrogens with one attached hydrogen (secondary N) is 5. The molecule has 6 heterocycles. The van der Waals surface area contributed by atoms with Gasteiger partial charge in [0.1, 0.15) is 17.3 Å². The van der Waals surface area contributed by atoms with E-state index in [2.05, 4.69) is 144 Å². The van der Waals surface area contributed by atoms with E-state index in [1.54, 1.807) is 6.07 Å². The lowest BCUT2D eigenvalue weighted by Gasteiger charge is -2.56. The van der Waals surface area contributed by atoms with Gasteiger partial charge in [0.2, 0.25) is 0 Å². The van der Waals surface area contributed by atoms with Gasteiger partial charge in [0.25, 0.3) is 0 Å². The van der Waals surface area contributed by atoms with Crippen LogP contribution in [0.2, 0.25) is 0 Å². The van der Waals surface area contributed by atoms with Gasteiger partial charge in [0.05, 0.1) is 28.4 Å². The van der Waals surface area contributed by atoms with Crippen molar-refractivity contribution in [2.45, 2.75) is 198 Å². The van der Waals surface area contributed by atoms with Gasteiger partial charge in [-0.1, -0.05) is 124 Å². The van der Waals surface area contributed by atoms with Crippen LogP contribution in [0, 0.1) is 75.9 Å². The van der Waals surface area contributed by atoms with Gasteiger partial charge < -0.3 is 51.4 Å². The highest BCUT2D eigenvalue weighted by molar-refractivity contribution is 6.07. The van der Waals surface area contributed by atoms with Gasteiger partial charge >= 0.3 is 11.9 Å². The third kappa shape index (κ3) is 12.2. The Labute approximate surface area is 564 Å². The largest absolute Gasteiger partial charge is 0.508 e. The molecule has 12 heteroatoms. The first-order valence-corrected chi connectivity index (χ1v) is 37.2. The second kappa shape index (κ2) is 26.9. The molecule has 14 bridgehead atoms. The fourth-order valence-electron chi connectivity index (χ4n) is 21.3. The number of esters is 2. The number of fused-ring (bicyclic) bond motifs is 5. The molecule has 2 saturated heterocycles. The number of cyclic esters (lactones) is 1. The topological polar surface area (TPSA) is 173 Å². The monoisotopic (exact) mass is 1280 g/mol. The van der Waals surface area contributed by atoms with E-state index in [0.29, 0.717) is 55.4 Å². The van der Waals surface area contributed by atoms with Crippen molar-refractivity contribution < 1.29 is 34.4 Å². The van der Waals surface area contributed by atoms with Crippen LogP contribution in [0.3, 0.4) is 0 Å². The highest BCUT2D eigenvalue weighted by Crippen LogP contribution is 2.73. The van der Waals surface area contributed by atoms with Crippen LogP contribution in [0.15, 0.2) is 131 Å². The van der Waals surface area contributed by atoms with Crippen LogP contribution in [0.25, 0.3) is 16.7 Å². The highest BCUT2D eigenvalue weighted by atomic mass is 16.6. The van der Waals surface area contributed by atoms with Crippen LogP contribution in [-0.2, 0) is 45.0 Å². The Morgan fingerprint density at radius 2 is 1.61 bits per heavy atom. The van der Waals surface area contributed by atoms with Crippen molar-refractivity contribution in [3.63, 3.8) is 0 Å². The molecule has 17 rings (SSSR count). The first kappa shape index (κ1) is 64.8. The lowest BCUT2D eigenvalue weighted by atomic mass is 9.44. The normalized spacial score (nSPS) is 34.1. The van der Waals surface area contributed by atoms with E-state index in [0.717, 1.165) is 194 Å². The number of hydrogen-bond acceptors (Lipinski definition) is 12. The number of benzene rings is 4. The third-order valence-electron chi connectivity index (χ3n) is 26.0. The minimum atomic E-state index is -1.03. The molecular weight excluding hydrogens is 1180 g/mol. The first-order valence-electron chi connectivity index (χ1n) is 37.2. The zero-order valence-corrected chi connectivity index (χ0v) is 56.6. The Balaban J connectivity index is 0.919. The number of β-amino-alcohol motifs (C(OH)–C–C–N with tert-alkyl or cyclic N) is 1. The Hall–Kier alpha value is -6.14. The molecule has 0 radical (unpaired) electrons. The minimum Gasteiger partial charge on any atom is -0.508 e. The maximum absolute atomic E-state index is 15.7. The summed E-state index contributed by atoms with van der Waals surface area (Å²) in [7, 11) is 2.08. The molecule has 0 unspecified atom stereocenters. The molecule has 13 atom stereocenters. The number of carbonyl (C=O) groups is 2. The number of allylic oxidation sites excluding steroid dienone is 5. The Morgan fingerprint density at radius 1 is 0.758 bits per heavy atom. The van der Waals surface area contributed by atoms with Crippen molar-refractivity contribution in [3.05, 3.63) is 165 Å². The number of hydrogen-bond donors (Lipinski definition) is 8. The molecule has 13 aliphatic rings. The molecule has 6 fully saturated rings. The number of rotatable bonds is 12. The maximum Gasteiger partial charge on any atom is 0.340 e.